The van der Waals surface area contributed by atoms with Crippen LogP contribution in [0.5, 0.6) is 0 Å². The van der Waals surface area contributed by atoms with E-state index in [9.17, 15) is 0 Å². The molecule has 1 N–H and O–H groups in total. The zero-order valence-electron chi connectivity index (χ0n) is 10.3. The van der Waals surface area contributed by atoms with E-state index in [2.05, 4.69) is 25.2 Å². The molecule has 1 aromatic rings. The SMILES string of the molecule is COCC(Nc1ccc(Cl)c(C#N)c1)C(C)C. The number of halogens is 1. The lowest BCUT2D eigenvalue weighted by atomic mass is 10.0. The second-order valence-electron chi connectivity index (χ2n) is 4.26. The number of nitriles is 1. The smallest absolute Gasteiger partial charge is 0.101 e. The van der Waals surface area contributed by atoms with Gasteiger partial charge < -0.3 is 10.1 Å². The summed E-state index contributed by atoms with van der Waals surface area (Å²) in [6.45, 7) is 4.87. The Labute approximate surface area is 107 Å². The highest BCUT2D eigenvalue weighted by molar-refractivity contribution is 6.31. The van der Waals surface area contributed by atoms with Gasteiger partial charge in [-0.2, -0.15) is 5.26 Å². The normalized spacial score (nSPS) is 12.2. The van der Waals surface area contributed by atoms with Gasteiger partial charge in [-0.25, -0.2) is 0 Å². The highest BCUT2D eigenvalue weighted by Crippen LogP contribution is 2.21. The first kappa shape index (κ1) is 13.8. The quantitative estimate of drug-likeness (QED) is 0.875. The number of rotatable bonds is 5. The molecule has 0 heterocycles. The Balaban J connectivity index is 2.83. The first-order valence-corrected chi connectivity index (χ1v) is 5.91. The van der Waals surface area contributed by atoms with Crippen LogP contribution in [0.2, 0.25) is 5.02 Å². The van der Waals surface area contributed by atoms with Crippen LogP contribution in [0.15, 0.2) is 18.2 Å². The van der Waals surface area contributed by atoms with Gasteiger partial charge in [-0.15, -0.1) is 0 Å². The van der Waals surface area contributed by atoms with Crippen molar-refractivity contribution in [2.75, 3.05) is 19.0 Å². The van der Waals surface area contributed by atoms with Gasteiger partial charge in [0.05, 0.1) is 23.2 Å². The number of hydrogen-bond donors (Lipinski definition) is 1. The highest BCUT2D eigenvalue weighted by atomic mass is 35.5. The second-order valence-corrected chi connectivity index (χ2v) is 4.66. The van der Waals surface area contributed by atoms with Crippen molar-refractivity contribution in [2.24, 2.45) is 5.92 Å². The zero-order valence-corrected chi connectivity index (χ0v) is 11.1. The molecule has 17 heavy (non-hydrogen) atoms. The lowest BCUT2D eigenvalue weighted by molar-refractivity contribution is 0.171. The van der Waals surface area contributed by atoms with Crippen molar-refractivity contribution in [3.8, 4) is 6.07 Å². The molecular formula is C13H17ClN2O. The van der Waals surface area contributed by atoms with Gasteiger partial charge in [0.15, 0.2) is 0 Å². The summed E-state index contributed by atoms with van der Waals surface area (Å²) in [7, 11) is 1.68. The molecule has 0 spiro atoms. The molecule has 0 amide bonds. The van der Waals surface area contributed by atoms with Gasteiger partial charge in [0, 0.05) is 12.8 Å². The molecule has 0 aliphatic carbocycles. The van der Waals surface area contributed by atoms with Gasteiger partial charge in [0.1, 0.15) is 6.07 Å². The minimum absolute atomic E-state index is 0.215. The third-order valence-electron chi connectivity index (χ3n) is 2.59. The molecule has 1 rings (SSSR count). The second kappa shape index (κ2) is 6.48. The molecule has 4 heteroatoms. The lowest BCUT2D eigenvalue weighted by Crippen LogP contribution is -2.30. The highest BCUT2D eigenvalue weighted by Gasteiger charge is 2.13. The van der Waals surface area contributed by atoms with Crippen molar-refractivity contribution >= 4 is 17.3 Å². The molecule has 1 atom stereocenters. The summed E-state index contributed by atoms with van der Waals surface area (Å²) in [5.74, 6) is 0.441. The summed E-state index contributed by atoms with van der Waals surface area (Å²) < 4.78 is 5.16. The van der Waals surface area contributed by atoms with E-state index in [4.69, 9.17) is 21.6 Å². The van der Waals surface area contributed by atoms with Gasteiger partial charge in [0.2, 0.25) is 0 Å². The van der Waals surface area contributed by atoms with Crippen LogP contribution >= 0.6 is 11.6 Å². The van der Waals surface area contributed by atoms with Gasteiger partial charge in [0.25, 0.3) is 0 Å². The number of anilines is 1. The maximum atomic E-state index is 8.90. The molecule has 0 saturated heterocycles. The van der Waals surface area contributed by atoms with Crippen molar-refractivity contribution in [3.05, 3.63) is 28.8 Å². The van der Waals surface area contributed by atoms with Gasteiger partial charge in [-0.05, 0) is 24.1 Å². The predicted octanol–water partition coefficient (Wildman–Crippen LogP) is 3.29. The van der Waals surface area contributed by atoms with E-state index >= 15 is 0 Å². The van der Waals surface area contributed by atoms with Gasteiger partial charge in [-0.3, -0.25) is 0 Å². The Bertz CT molecular complexity index is 412. The Kier molecular flexibility index (Phi) is 5.27. The van der Waals surface area contributed by atoms with Crippen LogP contribution in [-0.4, -0.2) is 19.8 Å². The number of methoxy groups -OCH3 is 1. The van der Waals surface area contributed by atoms with Crippen molar-refractivity contribution in [1.82, 2.24) is 0 Å². The molecule has 3 nitrogen and oxygen atoms in total. The van der Waals surface area contributed by atoms with E-state index in [1.807, 2.05) is 6.07 Å². The topological polar surface area (TPSA) is 45.0 Å². The molecule has 92 valence electrons. The minimum atomic E-state index is 0.215. The lowest BCUT2D eigenvalue weighted by Gasteiger charge is -2.22. The summed E-state index contributed by atoms with van der Waals surface area (Å²) >= 11 is 5.88. The predicted molar refractivity (Wildman–Crippen MR) is 70.3 cm³/mol. The molecule has 0 aliphatic rings. The Morgan fingerprint density at radius 3 is 2.71 bits per heavy atom. The summed E-state index contributed by atoms with van der Waals surface area (Å²) in [5.41, 5.74) is 1.37. The van der Waals surface area contributed by atoms with Crippen molar-refractivity contribution < 1.29 is 4.74 Å². The van der Waals surface area contributed by atoms with Gasteiger partial charge >= 0.3 is 0 Å². The molecule has 0 radical (unpaired) electrons. The molecule has 0 fully saturated rings. The first-order valence-electron chi connectivity index (χ1n) is 5.53. The molecule has 0 saturated carbocycles. The summed E-state index contributed by atoms with van der Waals surface area (Å²) in [4.78, 5) is 0. The fourth-order valence-corrected chi connectivity index (χ4v) is 1.65. The zero-order chi connectivity index (χ0) is 12.8. The van der Waals surface area contributed by atoms with E-state index in [1.54, 1.807) is 19.2 Å². The molecule has 1 aromatic carbocycles. The maximum absolute atomic E-state index is 8.90. The standard InChI is InChI=1S/C13H17ClN2O/c1-9(2)13(8-17-3)16-11-4-5-12(14)10(6-11)7-15/h4-6,9,13,16H,8H2,1-3H3. The van der Waals surface area contributed by atoms with Crippen LogP contribution in [0.25, 0.3) is 0 Å². The van der Waals surface area contributed by atoms with Crippen LogP contribution < -0.4 is 5.32 Å². The molecule has 0 aromatic heterocycles. The summed E-state index contributed by atoms with van der Waals surface area (Å²) in [6.07, 6.45) is 0. The largest absolute Gasteiger partial charge is 0.383 e. The third-order valence-corrected chi connectivity index (χ3v) is 2.92. The first-order chi connectivity index (χ1) is 8.08. The van der Waals surface area contributed by atoms with Crippen molar-refractivity contribution in [1.29, 1.82) is 5.26 Å². The molecular weight excluding hydrogens is 236 g/mol. The fourth-order valence-electron chi connectivity index (χ4n) is 1.50. The summed E-state index contributed by atoms with van der Waals surface area (Å²) in [5, 5.41) is 12.7. The van der Waals surface area contributed by atoms with Crippen molar-refractivity contribution in [2.45, 2.75) is 19.9 Å². The maximum Gasteiger partial charge on any atom is 0.101 e. The van der Waals surface area contributed by atoms with E-state index < -0.39 is 0 Å². The summed E-state index contributed by atoms with van der Waals surface area (Å²) in [6, 6.07) is 7.64. The Morgan fingerprint density at radius 1 is 1.47 bits per heavy atom. The number of nitrogens with one attached hydrogen (secondary N) is 1. The van der Waals surface area contributed by atoms with Crippen LogP contribution in [-0.2, 0) is 4.74 Å². The Hall–Kier alpha value is -1.24. The number of ether oxygens (including phenoxy) is 1. The number of benzene rings is 1. The fraction of sp³-hybridized carbons (Fsp3) is 0.462. The van der Waals surface area contributed by atoms with Crippen LogP contribution in [0, 0.1) is 17.2 Å². The molecule has 1 unspecified atom stereocenters. The van der Waals surface area contributed by atoms with Crippen LogP contribution in [0.4, 0.5) is 5.69 Å². The van der Waals surface area contributed by atoms with E-state index in [0.29, 0.717) is 23.1 Å². The Morgan fingerprint density at radius 2 is 2.18 bits per heavy atom. The monoisotopic (exact) mass is 252 g/mol. The van der Waals surface area contributed by atoms with Crippen LogP contribution in [0.1, 0.15) is 19.4 Å². The minimum Gasteiger partial charge on any atom is -0.383 e. The van der Waals surface area contributed by atoms with Crippen LogP contribution in [0.3, 0.4) is 0 Å². The number of nitrogens with zero attached hydrogens (tertiary/aromatic N) is 1. The van der Waals surface area contributed by atoms with E-state index in [0.717, 1.165) is 5.69 Å². The average Bonchev–Trinajstić information content (AvgIpc) is 2.30. The molecule has 0 aliphatic heterocycles. The number of hydrogen-bond acceptors (Lipinski definition) is 3. The van der Waals surface area contributed by atoms with Gasteiger partial charge in [-0.1, -0.05) is 25.4 Å². The van der Waals surface area contributed by atoms with Crippen molar-refractivity contribution in [3.63, 3.8) is 0 Å². The van der Waals surface area contributed by atoms with E-state index in [-0.39, 0.29) is 6.04 Å². The molecule has 0 bridgehead atoms. The third kappa shape index (κ3) is 3.92. The van der Waals surface area contributed by atoms with E-state index in [1.165, 1.54) is 0 Å². The average molecular weight is 253 g/mol.